The second kappa shape index (κ2) is 8.75. The predicted octanol–water partition coefficient (Wildman–Crippen LogP) is 0.445. The zero-order chi connectivity index (χ0) is 23.0. The van der Waals surface area contributed by atoms with Gasteiger partial charge in [-0.1, -0.05) is 0 Å². The summed E-state index contributed by atoms with van der Waals surface area (Å²) in [6.45, 7) is -0.752. The molecule has 5 N–H and O–H groups in total. The van der Waals surface area contributed by atoms with Crippen molar-refractivity contribution in [3.8, 4) is 0 Å². The number of hydrogen-bond donors (Lipinski definition) is 5. The number of phosphoric ester groups is 1. The molecule has 0 spiro atoms. The van der Waals surface area contributed by atoms with E-state index in [2.05, 4.69) is 24.8 Å². The summed E-state index contributed by atoms with van der Waals surface area (Å²) < 4.78 is 49.3. The Kier molecular flexibility index (Phi) is 6.18. The fraction of sp³-hybridized carbons (Fsp3) is 0.353. The van der Waals surface area contributed by atoms with Crippen LogP contribution in [0.15, 0.2) is 30.9 Å². The molecule has 2 aromatic heterocycles. The van der Waals surface area contributed by atoms with Gasteiger partial charge in [-0.25, -0.2) is 28.3 Å². The van der Waals surface area contributed by atoms with Gasteiger partial charge in [0, 0.05) is 12.1 Å². The van der Waals surface area contributed by atoms with Gasteiger partial charge in [0.15, 0.2) is 23.2 Å². The van der Waals surface area contributed by atoms with E-state index in [9.17, 15) is 23.6 Å². The zero-order valence-corrected chi connectivity index (χ0v) is 17.0. The molecule has 15 heteroatoms. The second-order valence-electron chi connectivity index (χ2n) is 6.97. The molecule has 0 unspecified atom stereocenters. The van der Waals surface area contributed by atoms with Crippen molar-refractivity contribution in [2.75, 3.05) is 11.9 Å². The number of nitrogens with one attached hydrogen (secondary N) is 1. The van der Waals surface area contributed by atoms with E-state index in [1.165, 1.54) is 17.2 Å². The third kappa shape index (κ3) is 4.61. The van der Waals surface area contributed by atoms with Crippen LogP contribution < -0.4 is 5.32 Å². The molecule has 1 aromatic carbocycles. The SMILES string of the molecule is O=P(O)(O)OC[C@H]1O[C@@H](n2cnc3c(NCc4cc(F)ccc4F)ncnc32)[C@H](O)[C@@H]1O. The molecule has 0 amide bonds. The smallest absolute Gasteiger partial charge is 0.387 e. The maximum absolute atomic E-state index is 13.9. The van der Waals surface area contributed by atoms with Crippen molar-refractivity contribution in [2.24, 2.45) is 0 Å². The highest BCUT2D eigenvalue weighted by atomic mass is 31.2. The van der Waals surface area contributed by atoms with Gasteiger partial charge >= 0.3 is 7.82 Å². The number of phosphoric acid groups is 1. The van der Waals surface area contributed by atoms with E-state index in [1.807, 2.05) is 0 Å². The van der Waals surface area contributed by atoms with Gasteiger partial charge in [-0.3, -0.25) is 9.09 Å². The summed E-state index contributed by atoms with van der Waals surface area (Å²) in [6.07, 6.45) is -2.96. The number of imidazole rings is 1. The average Bonchev–Trinajstić information content (AvgIpc) is 3.28. The van der Waals surface area contributed by atoms with Gasteiger partial charge < -0.3 is 30.1 Å². The van der Waals surface area contributed by atoms with E-state index >= 15 is 0 Å². The maximum atomic E-state index is 13.9. The quantitative estimate of drug-likeness (QED) is 0.302. The minimum atomic E-state index is -4.80. The Balaban J connectivity index is 1.55. The number of benzene rings is 1. The molecule has 4 atom stereocenters. The van der Waals surface area contributed by atoms with Gasteiger partial charge in [0.1, 0.15) is 36.3 Å². The molecular weight excluding hydrogens is 455 g/mol. The molecular formula is C17H18F2N5O7P. The summed E-state index contributed by atoms with van der Waals surface area (Å²) in [5.74, 6) is -0.995. The highest BCUT2D eigenvalue weighted by Gasteiger charge is 2.45. The fourth-order valence-corrected chi connectivity index (χ4v) is 3.63. The molecule has 0 saturated carbocycles. The molecule has 0 bridgehead atoms. The van der Waals surface area contributed by atoms with Gasteiger partial charge in [-0.05, 0) is 18.2 Å². The van der Waals surface area contributed by atoms with Gasteiger partial charge in [0.25, 0.3) is 0 Å². The molecule has 1 saturated heterocycles. The van der Waals surface area contributed by atoms with Crippen LogP contribution in [-0.2, 0) is 20.4 Å². The fourth-order valence-electron chi connectivity index (χ4n) is 3.29. The van der Waals surface area contributed by atoms with Crippen molar-refractivity contribution in [3.05, 3.63) is 48.1 Å². The molecule has 172 valence electrons. The van der Waals surface area contributed by atoms with Crippen molar-refractivity contribution in [3.63, 3.8) is 0 Å². The van der Waals surface area contributed by atoms with E-state index in [1.54, 1.807) is 0 Å². The first-order valence-corrected chi connectivity index (χ1v) is 10.7. The minimum absolute atomic E-state index is 0.0711. The highest BCUT2D eigenvalue weighted by Crippen LogP contribution is 2.39. The largest absolute Gasteiger partial charge is 0.469 e. The van der Waals surface area contributed by atoms with Crippen LogP contribution in [0.5, 0.6) is 0 Å². The summed E-state index contributed by atoms with van der Waals surface area (Å²) in [4.78, 5) is 29.9. The molecule has 12 nitrogen and oxygen atoms in total. The van der Waals surface area contributed by atoms with E-state index in [0.717, 1.165) is 18.2 Å². The lowest BCUT2D eigenvalue weighted by molar-refractivity contribution is -0.0504. The first-order valence-electron chi connectivity index (χ1n) is 9.21. The molecule has 4 rings (SSSR count). The monoisotopic (exact) mass is 473 g/mol. The third-order valence-electron chi connectivity index (χ3n) is 4.83. The van der Waals surface area contributed by atoms with E-state index < -0.39 is 50.6 Å². The molecule has 32 heavy (non-hydrogen) atoms. The number of rotatable bonds is 7. The Morgan fingerprint density at radius 2 is 1.97 bits per heavy atom. The summed E-state index contributed by atoms with van der Waals surface area (Å²) in [5, 5.41) is 23.4. The van der Waals surface area contributed by atoms with Gasteiger partial charge in [0.05, 0.1) is 12.9 Å². The lowest BCUT2D eigenvalue weighted by Crippen LogP contribution is -2.33. The highest BCUT2D eigenvalue weighted by molar-refractivity contribution is 7.46. The molecule has 3 heterocycles. The van der Waals surface area contributed by atoms with Crippen molar-refractivity contribution >= 4 is 24.8 Å². The minimum Gasteiger partial charge on any atom is -0.387 e. The number of fused-ring (bicyclic) bond motifs is 1. The van der Waals surface area contributed by atoms with Crippen LogP contribution in [0, 0.1) is 11.6 Å². The topological polar surface area (TPSA) is 172 Å². The van der Waals surface area contributed by atoms with Crippen LogP contribution in [0.25, 0.3) is 11.2 Å². The van der Waals surface area contributed by atoms with Crippen molar-refractivity contribution in [1.82, 2.24) is 19.5 Å². The van der Waals surface area contributed by atoms with E-state index in [-0.39, 0.29) is 29.1 Å². The lowest BCUT2D eigenvalue weighted by atomic mass is 10.1. The summed E-state index contributed by atoms with van der Waals surface area (Å²) in [6, 6.07) is 3.06. The van der Waals surface area contributed by atoms with E-state index in [0.29, 0.717) is 0 Å². The first kappa shape index (κ1) is 22.6. The van der Waals surface area contributed by atoms with Crippen molar-refractivity contribution < 1.29 is 42.6 Å². The van der Waals surface area contributed by atoms with Gasteiger partial charge in [-0.15, -0.1) is 0 Å². The van der Waals surface area contributed by atoms with Gasteiger partial charge in [-0.2, -0.15) is 0 Å². The number of halogens is 2. The maximum Gasteiger partial charge on any atom is 0.469 e. The standard InChI is InChI=1S/C17H18F2N5O7P/c18-9-1-2-10(19)8(3-9)4-20-15-12-16(22-6-21-15)24(7-23-12)17-14(26)13(25)11(31-17)5-30-32(27,28)29/h1-3,6-7,11,13-14,17,25-26H,4-5H2,(H,20,21,22)(H2,27,28,29)/t11-,13-,14-,17-/m1/s1. The summed E-state index contributed by atoms with van der Waals surface area (Å²) in [5.41, 5.74) is 0.487. The number of anilines is 1. The Labute approximate surface area is 178 Å². The third-order valence-corrected chi connectivity index (χ3v) is 5.32. The van der Waals surface area contributed by atoms with Crippen LogP contribution in [0.2, 0.25) is 0 Å². The first-order chi connectivity index (χ1) is 15.1. The van der Waals surface area contributed by atoms with Crippen LogP contribution >= 0.6 is 7.82 Å². The van der Waals surface area contributed by atoms with Gasteiger partial charge in [0.2, 0.25) is 0 Å². The van der Waals surface area contributed by atoms with Crippen LogP contribution in [-0.4, -0.2) is 64.4 Å². The molecule has 3 aromatic rings. The molecule has 0 aliphatic carbocycles. The zero-order valence-electron chi connectivity index (χ0n) is 16.1. The number of aromatic nitrogens is 4. The Morgan fingerprint density at radius 1 is 1.19 bits per heavy atom. The average molecular weight is 473 g/mol. The van der Waals surface area contributed by atoms with Crippen molar-refractivity contribution in [2.45, 2.75) is 31.1 Å². The molecule has 1 fully saturated rings. The normalized spacial score (nSPS) is 23.7. The van der Waals surface area contributed by atoms with Crippen LogP contribution in [0.1, 0.15) is 11.8 Å². The molecule has 1 aliphatic rings. The number of aliphatic hydroxyl groups is 2. The summed E-state index contributed by atoms with van der Waals surface area (Å²) >= 11 is 0. The summed E-state index contributed by atoms with van der Waals surface area (Å²) in [7, 11) is -4.80. The van der Waals surface area contributed by atoms with Crippen LogP contribution in [0.4, 0.5) is 14.6 Å². The van der Waals surface area contributed by atoms with Crippen LogP contribution in [0.3, 0.4) is 0 Å². The Morgan fingerprint density at radius 3 is 2.72 bits per heavy atom. The number of hydrogen-bond acceptors (Lipinski definition) is 9. The number of aliphatic hydroxyl groups excluding tert-OH is 2. The molecule has 0 radical (unpaired) electrons. The number of ether oxygens (including phenoxy) is 1. The lowest BCUT2D eigenvalue weighted by Gasteiger charge is -2.16. The van der Waals surface area contributed by atoms with E-state index in [4.69, 9.17) is 14.5 Å². The Bertz CT molecular complexity index is 1180. The van der Waals surface area contributed by atoms with Crippen molar-refractivity contribution in [1.29, 1.82) is 0 Å². The number of nitrogens with zero attached hydrogens (tertiary/aromatic N) is 4. The Hall–Kier alpha value is -2.58. The molecule has 1 aliphatic heterocycles. The predicted molar refractivity (Wildman–Crippen MR) is 103 cm³/mol. The second-order valence-corrected chi connectivity index (χ2v) is 8.21.